The second-order valence-electron chi connectivity index (χ2n) is 9.76. The van der Waals surface area contributed by atoms with E-state index in [4.69, 9.17) is 10.2 Å². The Kier molecular flexibility index (Phi) is 14.9. The number of sulfone groups is 1. The SMILES string of the molecule is CCCC[N+](CCCC)(CCCC)CCCC.O=C(O)c1ccccc1S(=O)(=O)c1ccccc1C(=O)O. The van der Waals surface area contributed by atoms with Gasteiger partial charge < -0.3 is 14.7 Å². The van der Waals surface area contributed by atoms with Crippen molar-refractivity contribution in [1.29, 1.82) is 0 Å². The number of carbonyl (C=O) groups is 2. The highest BCUT2D eigenvalue weighted by Crippen LogP contribution is 2.27. The second kappa shape index (κ2) is 17.0. The van der Waals surface area contributed by atoms with Crippen LogP contribution in [0.5, 0.6) is 0 Å². The topological polar surface area (TPSA) is 109 Å². The van der Waals surface area contributed by atoms with E-state index < -0.39 is 42.7 Å². The third-order valence-corrected chi connectivity index (χ3v) is 8.63. The predicted molar refractivity (Wildman–Crippen MR) is 152 cm³/mol. The molecule has 0 aliphatic carbocycles. The third-order valence-electron chi connectivity index (χ3n) is 6.76. The number of nitrogens with zero attached hydrogens (tertiary/aromatic N) is 1. The molecule has 0 fully saturated rings. The molecular formula is C30H46NO6S+. The van der Waals surface area contributed by atoms with Crippen LogP contribution in [0, 0.1) is 0 Å². The van der Waals surface area contributed by atoms with E-state index in [2.05, 4.69) is 27.7 Å². The monoisotopic (exact) mass is 548 g/mol. The van der Waals surface area contributed by atoms with E-state index >= 15 is 0 Å². The first-order valence-electron chi connectivity index (χ1n) is 13.8. The molecule has 7 nitrogen and oxygen atoms in total. The summed E-state index contributed by atoms with van der Waals surface area (Å²) < 4.78 is 26.5. The van der Waals surface area contributed by atoms with Crippen LogP contribution in [0.3, 0.4) is 0 Å². The van der Waals surface area contributed by atoms with Crippen LogP contribution >= 0.6 is 0 Å². The fourth-order valence-corrected chi connectivity index (χ4v) is 6.16. The average molecular weight is 549 g/mol. The lowest BCUT2D eigenvalue weighted by molar-refractivity contribution is -0.929. The Hall–Kier alpha value is -2.71. The lowest BCUT2D eigenvalue weighted by Gasteiger charge is -2.39. The van der Waals surface area contributed by atoms with Crippen molar-refractivity contribution in [2.45, 2.75) is 88.9 Å². The van der Waals surface area contributed by atoms with Crippen molar-refractivity contribution in [3.8, 4) is 0 Å². The van der Waals surface area contributed by atoms with Gasteiger partial charge in [-0.1, -0.05) is 77.6 Å². The zero-order chi connectivity index (χ0) is 28.6. The van der Waals surface area contributed by atoms with Crippen LogP contribution in [0.4, 0.5) is 0 Å². The van der Waals surface area contributed by atoms with Crippen molar-refractivity contribution in [1.82, 2.24) is 0 Å². The summed E-state index contributed by atoms with van der Waals surface area (Å²) in [6.07, 6.45) is 11.1. The van der Waals surface area contributed by atoms with Crippen molar-refractivity contribution in [3.05, 3.63) is 59.7 Å². The first kappa shape index (κ1) is 33.3. The number of carboxylic acids is 2. The van der Waals surface area contributed by atoms with E-state index in [0.29, 0.717) is 0 Å². The molecule has 2 aromatic carbocycles. The summed E-state index contributed by atoms with van der Waals surface area (Å²) in [6.45, 7) is 15.0. The number of rotatable bonds is 16. The number of hydrogen-bond donors (Lipinski definition) is 2. The predicted octanol–water partition coefficient (Wildman–Crippen LogP) is 6.92. The lowest BCUT2D eigenvalue weighted by Crippen LogP contribution is -2.50. The van der Waals surface area contributed by atoms with E-state index in [1.165, 1.54) is 106 Å². The van der Waals surface area contributed by atoms with Crippen molar-refractivity contribution in [3.63, 3.8) is 0 Å². The minimum absolute atomic E-state index is 0.405. The highest BCUT2D eigenvalue weighted by atomic mass is 32.2. The molecule has 0 amide bonds. The van der Waals surface area contributed by atoms with Gasteiger partial charge in [-0.05, 0) is 49.9 Å². The van der Waals surface area contributed by atoms with Crippen LogP contribution in [-0.4, -0.2) is 61.2 Å². The van der Waals surface area contributed by atoms with Gasteiger partial charge in [0.15, 0.2) is 0 Å². The van der Waals surface area contributed by atoms with E-state index in [-0.39, 0.29) is 0 Å². The molecule has 0 aliphatic heterocycles. The van der Waals surface area contributed by atoms with Gasteiger partial charge in [0.05, 0.1) is 47.1 Å². The molecule has 0 saturated carbocycles. The molecule has 38 heavy (non-hydrogen) atoms. The second-order valence-corrected chi connectivity index (χ2v) is 11.6. The Labute approximate surface area is 229 Å². The van der Waals surface area contributed by atoms with E-state index in [9.17, 15) is 18.0 Å². The van der Waals surface area contributed by atoms with E-state index in [1.54, 1.807) is 0 Å². The molecule has 2 rings (SSSR count). The summed E-state index contributed by atoms with van der Waals surface area (Å²) in [5, 5.41) is 18.1. The van der Waals surface area contributed by atoms with Gasteiger partial charge in [-0.25, -0.2) is 18.0 Å². The summed E-state index contributed by atoms with van der Waals surface area (Å²) >= 11 is 0. The molecule has 8 heteroatoms. The van der Waals surface area contributed by atoms with E-state index in [0.717, 1.165) is 24.3 Å². The van der Waals surface area contributed by atoms with Gasteiger partial charge in [0, 0.05) is 0 Å². The molecule has 0 heterocycles. The maximum Gasteiger partial charge on any atom is 0.337 e. The Morgan fingerprint density at radius 2 is 0.895 bits per heavy atom. The van der Waals surface area contributed by atoms with Crippen LogP contribution in [0.15, 0.2) is 58.3 Å². The van der Waals surface area contributed by atoms with Gasteiger partial charge in [-0.2, -0.15) is 0 Å². The summed E-state index contributed by atoms with van der Waals surface area (Å²) in [5.74, 6) is -2.80. The van der Waals surface area contributed by atoms with Gasteiger partial charge in [0.2, 0.25) is 9.84 Å². The minimum Gasteiger partial charge on any atom is -0.478 e. The number of hydrogen-bond acceptors (Lipinski definition) is 4. The number of quaternary nitrogens is 1. The van der Waals surface area contributed by atoms with Crippen LogP contribution in [0.25, 0.3) is 0 Å². The zero-order valence-electron chi connectivity index (χ0n) is 23.5. The minimum atomic E-state index is -4.25. The quantitative estimate of drug-likeness (QED) is 0.220. The highest BCUT2D eigenvalue weighted by molar-refractivity contribution is 7.91. The largest absolute Gasteiger partial charge is 0.478 e. The van der Waals surface area contributed by atoms with Gasteiger partial charge in [-0.15, -0.1) is 0 Å². The zero-order valence-corrected chi connectivity index (χ0v) is 24.3. The number of carboxylic acid groups (broad SMARTS) is 2. The average Bonchev–Trinajstić information content (AvgIpc) is 2.92. The number of benzene rings is 2. The number of aromatic carboxylic acids is 2. The summed E-state index contributed by atoms with van der Waals surface area (Å²) in [4.78, 5) is 21.4. The molecule has 0 saturated heterocycles. The van der Waals surface area contributed by atoms with Gasteiger partial charge in [0.1, 0.15) is 0 Å². The van der Waals surface area contributed by atoms with Crippen LogP contribution in [0.1, 0.15) is 99.8 Å². The molecule has 0 unspecified atom stereocenters. The fourth-order valence-electron chi connectivity index (χ4n) is 4.52. The molecule has 0 aliphatic rings. The van der Waals surface area contributed by atoms with Crippen LogP contribution in [0.2, 0.25) is 0 Å². The normalized spacial score (nSPS) is 11.5. The van der Waals surface area contributed by atoms with Crippen molar-refractivity contribution < 1.29 is 32.7 Å². The molecule has 0 radical (unpaired) electrons. The van der Waals surface area contributed by atoms with Crippen molar-refractivity contribution >= 4 is 21.8 Å². The van der Waals surface area contributed by atoms with Crippen LogP contribution in [-0.2, 0) is 9.84 Å². The number of unbranched alkanes of at least 4 members (excludes halogenated alkanes) is 4. The molecular weight excluding hydrogens is 502 g/mol. The lowest BCUT2D eigenvalue weighted by atomic mass is 10.1. The standard InChI is InChI=1S/C16H36N.C14H10O6S/c1-5-9-13-17(14-10-6-2,15-11-7-3)16-12-8-4;15-13(16)9-5-1-3-7-11(9)21(19,20)12-8-4-2-6-10(12)14(17)18/h5-16H2,1-4H3;1-8H,(H,15,16)(H,17,18)/q+1;. The molecule has 212 valence electrons. The molecule has 0 spiro atoms. The Morgan fingerprint density at radius 1 is 0.605 bits per heavy atom. The van der Waals surface area contributed by atoms with Crippen molar-refractivity contribution in [2.24, 2.45) is 0 Å². The smallest absolute Gasteiger partial charge is 0.337 e. The van der Waals surface area contributed by atoms with Crippen molar-refractivity contribution in [2.75, 3.05) is 26.2 Å². The molecule has 0 aromatic heterocycles. The molecule has 0 bridgehead atoms. The van der Waals surface area contributed by atoms with Gasteiger partial charge in [-0.3, -0.25) is 0 Å². The summed E-state index contributed by atoms with van der Waals surface area (Å²) in [5.41, 5.74) is -0.810. The fraction of sp³-hybridized carbons (Fsp3) is 0.533. The molecule has 2 aromatic rings. The van der Waals surface area contributed by atoms with Gasteiger partial charge >= 0.3 is 11.9 Å². The maximum absolute atomic E-state index is 12.6. The Balaban J connectivity index is 0.000000391. The first-order valence-corrected chi connectivity index (χ1v) is 15.3. The Morgan fingerprint density at radius 3 is 1.16 bits per heavy atom. The Bertz CT molecular complexity index is 1010. The maximum atomic E-state index is 12.6. The first-order chi connectivity index (χ1) is 18.1. The van der Waals surface area contributed by atoms with E-state index in [1.807, 2.05) is 0 Å². The van der Waals surface area contributed by atoms with Gasteiger partial charge in [0.25, 0.3) is 0 Å². The molecule has 0 atom stereocenters. The highest BCUT2D eigenvalue weighted by Gasteiger charge is 2.28. The third kappa shape index (κ3) is 9.87. The molecule has 2 N–H and O–H groups in total. The van der Waals surface area contributed by atoms with Crippen LogP contribution < -0.4 is 0 Å². The summed E-state index contributed by atoms with van der Waals surface area (Å²) in [6, 6.07) is 10.1. The summed E-state index contributed by atoms with van der Waals surface area (Å²) in [7, 11) is -4.25.